The average molecular weight is 484 g/mol. The number of thiophene rings is 1. The second kappa shape index (κ2) is 11.0. The van der Waals surface area contributed by atoms with E-state index in [0.717, 1.165) is 5.56 Å². The Morgan fingerprint density at radius 3 is 2.72 bits per heavy atom. The van der Waals surface area contributed by atoms with Gasteiger partial charge in [-0.05, 0) is 49.7 Å². The molecule has 1 fully saturated rings. The normalized spacial score (nSPS) is 20.4. The van der Waals surface area contributed by atoms with E-state index in [9.17, 15) is 14.7 Å². The van der Waals surface area contributed by atoms with Crippen LogP contribution in [0.25, 0.3) is 0 Å². The number of hydrogen-bond acceptors (Lipinski definition) is 7. The number of aliphatic hydroxyl groups is 1. The minimum Gasteiger partial charge on any atom is -0.497 e. The maximum Gasteiger partial charge on any atom is 0.350 e. The van der Waals surface area contributed by atoms with Crippen molar-refractivity contribution >= 4 is 41.4 Å². The molecular weight excluding hydrogens is 454 g/mol. The van der Waals surface area contributed by atoms with Crippen LogP contribution in [-0.4, -0.2) is 74.9 Å². The van der Waals surface area contributed by atoms with E-state index in [1.54, 1.807) is 23.5 Å². The first-order chi connectivity index (χ1) is 14.8. The SMILES string of the molecule is COC(=O)c1sccc1NC(=O)N1CCC(O)(c2cccc(OC)c2)C(CN(C)C)C1.Cl. The molecule has 10 heteroatoms. The van der Waals surface area contributed by atoms with Gasteiger partial charge in [-0.15, -0.1) is 23.7 Å². The summed E-state index contributed by atoms with van der Waals surface area (Å²) in [6, 6.07) is 8.84. The highest BCUT2D eigenvalue weighted by molar-refractivity contribution is 7.12. The second-order valence-electron chi connectivity index (χ2n) is 7.90. The number of methoxy groups -OCH3 is 2. The van der Waals surface area contributed by atoms with E-state index in [-0.39, 0.29) is 24.4 Å². The number of anilines is 1. The molecule has 1 aliphatic rings. The van der Waals surface area contributed by atoms with Crippen LogP contribution in [0.1, 0.15) is 21.7 Å². The monoisotopic (exact) mass is 483 g/mol. The predicted octanol–water partition coefficient (Wildman–Crippen LogP) is 3.27. The Morgan fingerprint density at radius 2 is 2.06 bits per heavy atom. The zero-order valence-corrected chi connectivity index (χ0v) is 20.3. The summed E-state index contributed by atoms with van der Waals surface area (Å²) in [6.45, 7) is 1.35. The highest BCUT2D eigenvalue weighted by atomic mass is 35.5. The van der Waals surface area contributed by atoms with Gasteiger partial charge in [-0.1, -0.05) is 12.1 Å². The van der Waals surface area contributed by atoms with E-state index in [2.05, 4.69) is 5.32 Å². The number of amides is 2. The van der Waals surface area contributed by atoms with Gasteiger partial charge in [-0.2, -0.15) is 0 Å². The molecule has 0 aliphatic carbocycles. The van der Waals surface area contributed by atoms with Crippen LogP contribution in [0.15, 0.2) is 35.7 Å². The van der Waals surface area contributed by atoms with Crippen LogP contribution in [0.3, 0.4) is 0 Å². The number of piperidine rings is 1. The van der Waals surface area contributed by atoms with E-state index in [4.69, 9.17) is 9.47 Å². The third kappa shape index (κ3) is 5.53. The van der Waals surface area contributed by atoms with Crippen LogP contribution in [0.2, 0.25) is 0 Å². The van der Waals surface area contributed by atoms with E-state index in [0.29, 0.717) is 42.4 Å². The van der Waals surface area contributed by atoms with Crippen LogP contribution in [0.4, 0.5) is 10.5 Å². The number of esters is 1. The van der Waals surface area contributed by atoms with Crippen LogP contribution < -0.4 is 10.1 Å². The molecule has 1 aromatic carbocycles. The molecule has 2 atom stereocenters. The van der Waals surface area contributed by atoms with Crippen molar-refractivity contribution in [1.29, 1.82) is 0 Å². The number of rotatable bonds is 6. The molecule has 8 nitrogen and oxygen atoms in total. The molecule has 1 saturated heterocycles. The standard InChI is InChI=1S/C22H29N3O5S.ClH/c1-24(2)13-16-14-25(21(27)23-18-8-11-31-19(18)20(26)30-4)10-9-22(16,28)15-6-5-7-17(12-15)29-3;/h5-8,11-12,16,28H,9-10,13-14H2,1-4H3,(H,23,27);1H. The maximum absolute atomic E-state index is 13.0. The number of carbonyl (C=O) groups is 2. The van der Waals surface area contributed by atoms with E-state index in [1.807, 2.05) is 43.3 Å². The minimum atomic E-state index is -1.09. The summed E-state index contributed by atoms with van der Waals surface area (Å²) >= 11 is 1.21. The molecule has 0 bridgehead atoms. The fourth-order valence-corrected chi connectivity index (χ4v) is 4.74. The van der Waals surface area contributed by atoms with Crippen LogP contribution >= 0.6 is 23.7 Å². The molecule has 2 aromatic rings. The fourth-order valence-electron chi connectivity index (χ4n) is 3.98. The van der Waals surface area contributed by atoms with Crippen molar-refractivity contribution in [2.24, 2.45) is 5.92 Å². The largest absolute Gasteiger partial charge is 0.497 e. The minimum absolute atomic E-state index is 0. The molecule has 0 saturated carbocycles. The zero-order chi connectivity index (χ0) is 22.6. The molecule has 1 aliphatic heterocycles. The first-order valence-electron chi connectivity index (χ1n) is 10.0. The molecule has 2 unspecified atom stereocenters. The Hall–Kier alpha value is -2.33. The van der Waals surface area contributed by atoms with Crippen LogP contribution in [0.5, 0.6) is 5.75 Å². The Labute approximate surface area is 198 Å². The zero-order valence-electron chi connectivity index (χ0n) is 18.7. The fraction of sp³-hybridized carbons (Fsp3) is 0.455. The number of carbonyl (C=O) groups excluding carboxylic acids is 2. The van der Waals surface area contributed by atoms with Crippen molar-refractivity contribution in [3.8, 4) is 5.75 Å². The second-order valence-corrected chi connectivity index (χ2v) is 8.81. The van der Waals surface area contributed by atoms with Crippen molar-refractivity contribution in [2.45, 2.75) is 12.0 Å². The number of likely N-dealkylation sites (tertiary alicyclic amines) is 1. The molecule has 2 amide bonds. The van der Waals surface area contributed by atoms with E-state index in [1.165, 1.54) is 18.4 Å². The molecule has 176 valence electrons. The highest BCUT2D eigenvalue weighted by Gasteiger charge is 2.44. The van der Waals surface area contributed by atoms with Gasteiger partial charge in [-0.3, -0.25) is 0 Å². The summed E-state index contributed by atoms with van der Waals surface area (Å²) in [6.07, 6.45) is 0.388. The van der Waals surface area contributed by atoms with Gasteiger partial charge in [0, 0.05) is 25.6 Å². The van der Waals surface area contributed by atoms with Gasteiger partial charge in [0.1, 0.15) is 10.6 Å². The van der Waals surface area contributed by atoms with E-state index >= 15 is 0 Å². The average Bonchev–Trinajstić information content (AvgIpc) is 3.22. The molecule has 0 spiro atoms. The maximum atomic E-state index is 13.0. The Morgan fingerprint density at radius 1 is 1.31 bits per heavy atom. The van der Waals surface area contributed by atoms with Gasteiger partial charge in [0.05, 0.1) is 25.5 Å². The number of nitrogens with zero attached hydrogens (tertiary/aromatic N) is 2. The predicted molar refractivity (Wildman–Crippen MR) is 127 cm³/mol. The van der Waals surface area contributed by atoms with Crippen molar-refractivity contribution in [2.75, 3.05) is 53.3 Å². The summed E-state index contributed by atoms with van der Waals surface area (Å²) in [7, 11) is 6.79. The molecule has 32 heavy (non-hydrogen) atoms. The Kier molecular flexibility index (Phi) is 8.91. The van der Waals surface area contributed by atoms with Crippen molar-refractivity contribution < 1.29 is 24.2 Å². The number of urea groups is 1. The van der Waals surface area contributed by atoms with Crippen molar-refractivity contribution in [1.82, 2.24) is 9.80 Å². The third-order valence-electron chi connectivity index (χ3n) is 5.60. The summed E-state index contributed by atoms with van der Waals surface area (Å²) < 4.78 is 10.1. The van der Waals surface area contributed by atoms with Crippen LogP contribution in [0, 0.1) is 5.92 Å². The first kappa shape index (κ1) is 25.9. The van der Waals surface area contributed by atoms with Crippen LogP contribution in [-0.2, 0) is 10.3 Å². The number of halogens is 1. The molecule has 2 N–H and O–H groups in total. The van der Waals surface area contributed by atoms with Gasteiger partial charge in [0.15, 0.2) is 0 Å². The van der Waals surface area contributed by atoms with Gasteiger partial charge in [0.25, 0.3) is 0 Å². The van der Waals surface area contributed by atoms with Crippen molar-refractivity contribution in [3.63, 3.8) is 0 Å². The highest BCUT2D eigenvalue weighted by Crippen LogP contribution is 2.39. The number of nitrogens with one attached hydrogen (secondary N) is 1. The van der Waals surface area contributed by atoms with Crippen molar-refractivity contribution in [3.05, 3.63) is 46.2 Å². The lowest BCUT2D eigenvalue weighted by Gasteiger charge is -2.45. The summed E-state index contributed by atoms with van der Waals surface area (Å²) in [4.78, 5) is 28.9. The lowest BCUT2D eigenvalue weighted by Crippen LogP contribution is -2.55. The molecule has 0 radical (unpaired) electrons. The molecule has 1 aromatic heterocycles. The number of hydrogen-bond donors (Lipinski definition) is 2. The van der Waals surface area contributed by atoms with Gasteiger partial charge in [0.2, 0.25) is 0 Å². The summed E-state index contributed by atoms with van der Waals surface area (Å²) in [5, 5.41) is 16.2. The number of benzene rings is 1. The molecule has 3 rings (SSSR count). The van der Waals surface area contributed by atoms with Gasteiger partial charge < -0.3 is 29.7 Å². The van der Waals surface area contributed by atoms with Gasteiger partial charge >= 0.3 is 12.0 Å². The number of ether oxygens (including phenoxy) is 2. The lowest BCUT2D eigenvalue weighted by atomic mass is 9.75. The molecular formula is C22H30ClN3O5S. The van der Waals surface area contributed by atoms with E-state index < -0.39 is 11.6 Å². The molecule has 2 heterocycles. The first-order valence-corrected chi connectivity index (χ1v) is 10.9. The Bertz CT molecular complexity index is 938. The Balaban J connectivity index is 0.00000363. The lowest BCUT2D eigenvalue weighted by molar-refractivity contribution is -0.0750. The van der Waals surface area contributed by atoms with Gasteiger partial charge in [-0.25, -0.2) is 9.59 Å². The quantitative estimate of drug-likeness (QED) is 0.613. The third-order valence-corrected chi connectivity index (χ3v) is 6.49. The summed E-state index contributed by atoms with van der Waals surface area (Å²) in [5.41, 5.74) is 0.124. The smallest absolute Gasteiger partial charge is 0.350 e. The summed E-state index contributed by atoms with van der Waals surface area (Å²) in [5.74, 6) is -0.0130. The topological polar surface area (TPSA) is 91.3 Å².